The van der Waals surface area contributed by atoms with E-state index in [-0.39, 0.29) is 6.09 Å². The molecule has 2 aliphatic rings. The van der Waals surface area contributed by atoms with Gasteiger partial charge in [0.05, 0.1) is 0 Å². The summed E-state index contributed by atoms with van der Waals surface area (Å²) in [5, 5.41) is 3.74. The first-order chi connectivity index (χ1) is 11.8. The van der Waals surface area contributed by atoms with Gasteiger partial charge >= 0.3 is 6.09 Å². The maximum Gasteiger partial charge on any atom is 0.410 e. The molecule has 4 nitrogen and oxygen atoms in total. The van der Waals surface area contributed by atoms with Gasteiger partial charge in [-0.3, -0.25) is 0 Å². The molecule has 1 amide bonds. The Morgan fingerprint density at radius 3 is 2.68 bits per heavy atom. The Labute approximate surface area is 151 Å². The van der Waals surface area contributed by atoms with Gasteiger partial charge in [-0.2, -0.15) is 0 Å². The Hall–Kier alpha value is -1.71. The van der Waals surface area contributed by atoms with E-state index in [1.54, 1.807) is 4.90 Å². The number of carbonyl (C=O) groups is 1. The average molecular weight is 344 g/mol. The third-order valence-electron chi connectivity index (χ3n) is 5.42. The molecule has 1 N–H and O–H groups in total. The molecule has 25 heavy (non-hydrogen) atoms. The first-order valence-electron chi connectivity index (χ1n) is 9.67. The second-order valence-electron chi connectivity index (χ2n) is 8.62. The van der Waals surface area contributed by atoms with Gasteiger partial charge in [0, 0.05) is 24.8 Å². The number of rotatable bonds is 5. The molecule has 3 rings (SSSR count). The SMILES string of the molecule is CCN(Cc1cccc(NC2CC3CCC2C3)c1)C(=O)OC(C)(C)C. The van der Waals surface area contributed by atoms with Crippen LogP contribution in [0.1, 0.15) is 58.9 Å². The van der Waals surface area contributed by atoms with Crippen molar-refractivity contribution in [3.8, 4) is 0 Å². The molecule has 0 saturated heterocycles. The molecular weight excluding hydrogens is 312 g/mol. The van der Waals surface area contributed by atoms with Crippen molar-refractivity contribution in [3.63, 3.8) is 0 Å². The summed E-state index contributed by atoms with van der Waals surface area (Å²) in [4.78, 5) is 14.1. The molecule has 1 aromatic carbocycles. The van der Waals surface area contributed by atoms with Crippen LogP contribution in [-0.4, -0.2) is 29.2 Å². The molecule has 0 aromatic heterocycles. The highest BCUT2D eigenvalue weighted by molar-refractivity contribution is 5.68. The molecule has 2 bridgehead atoms. The van der Waals surface area contributed by atoms with E-state index in [2.05, 4.69) is 29.6 Å². The molecule has 0 heterocycles. The summed E-state index contributed by atoms with van der Waals surface area (Å²) in [6.45, 7) is 8.91. The quantitative estimate of drug-likeness (QED) is 0.813. The van der Waals surface area contributed by atoms with Crippen molar-refractivity contribution in [1.82, 2.24) is 4.90 Å². The van der Waals surface area contributed by atoms with E-state index in [9.17, 15) is 4.79 Å². The van der Waals surface area contributed by atoms with E-state index in [1.165, 1.54) is 31.4 Å². The zero-order valence-corrected chi connectivity index (χ0v) is 16.0. The number of ether oxygens (including phenoxy) is 1. The Kier molecular flexibility index (Phi) is 5.26. The van der Waals surface area contributed by atoms with Gasteiger partial charge in [-0.1, -0.05) is 18.6 Å². The van der Waals surface area contributed by atoms with Crippen molar-refractivity contribution in [1.29, 1.82) is 0 Å². The van der Waals surface area contributed by atoms with Crippen molar-refractivity contribution in [2.24, 2.45) is 11.8 Å². The molecule has 138 valence electrons. The number of nitrogens with one attached hydrogen (secondary N) is 1. The fourth-order valence-corrected chi connectivity index (χ4v) is 4.25. The average Bonchev–Trinajstić information content (AvgIpc) is 3.14. The molecule has 4 heteroatoms. The van der Waals surface area contributed by atoms with E-state index in [0.29, 0.717) is 19.1 Å². The minimum Gasteiger partial charge on any atom is -0.444 e. The molecule has 2 aliphatic carbocycles. The van der Waals surface area contributed by atoms with Gasteiger partial charge in [0.1, 0.15) is 5.60 Å². The minimum atomic E-state index is -0.463. The highest BCUT2D eigenvalue weighted by atomic mass is 16.6. The van der Waals surface area contributed by atoms with Crippen LogP contribution in [0.4, 0.5) is 10.5 Å². The van der Waals surface area contributed by atoms with Gasteiger partial charge in [0.25, 0.3) is 0 Å². The summed E-state index contributed by atoms with van der Waals surface area (Å²) >= 11 is 0. The molecule has 1 aromatic rings. The van der Waals surface area contributed by atoms with E-state index in [0.717, 1.165) is 17.4 Å². The van der Waals surface area contributed by atoms with Crippen LogP contribution >= 0.6 is 0 Å². The first kappa shape index (κ1) is 18.1. The largest absolute Gasteiger partial charge is 0.444 e. The van der Waals surface area contributed by atoms with Crippen molar-refractivity contribution in [3.05, 3.63) is 29.8 Å². The number of amides is 1. The lowest BCUT2D eigenvalue weighted by Crippen LogP contribution is -2.36. The summed E-state index contributed by atoms with van der Waals surface area (Å²) in [5.74, 6) is 1.79. The lowest BCUT2D eigenvalue weighted by Gasteiger charge is -2.27. The van der Waals surface area contributed by atoms with Crippen molar-refractivity contribution < 1.29 is 9.53 Å². The predicted molar refractivity (Wildman–Crippen MR) is 102 cm³/mol. The Balaban J connectivity index is 1.61. The number of hydrogen-bond acceptors (Lipinski definition) is 3. The second-order valence-corrected chi connectivity index (χ2v) is 8.62. The highest BCUT2D eigenvalue weighted by Gasteiger charge is 2.39. The number of nitrogens with zero attached hydrogens (tertiary/aromatic N) is 1. The maximum atomic E-state index is 12.3. The summed E-state index contributed by atoms with van der Waals surface area (Å²) in [7, 11) is 0. The Morgan fingerprint density at radius 1 is 1.28 bits per heavy atom. The van der Waals surface area contributed by atoms with Gasteiger partial charge in [-0.25, -0.2) is 4.79 Å². The van der Waals surface area contributed by atoms with Crippen LogP contribution in [0, 0.1) is 11.8 Å². The third kappa shape index (κ3) is 4.68. The smallest absolute Gasteiger partial charge is 0.410 e. The number of carbonyl (C=O) groups excluding carboxylic acids is 1. The lowest BCUT2D eigenvalue weighted by molar-refractivity contribution is 0.0244. The zero-order chi connectivity index (χ0) is 18.0. The van der Waals surface area contributed by atoms with Crippen LogP contribution in [0.25, 0.3) is 0 Å². The van der Waals surface area contributed by atoms with E-state index in [4.69, 9.17) is 4.74 Å². The molecule has 3 atom stereocenters. The molecule has 0 radical (unpaired) electrons. The van der Waals surface area contributed by atoms with Crippen LogP contribution in [0.3, 0.4) is 0 Å². The molecule has 2 saturated carbocycles. The van der Waals surface area contributed by atoms with Crippen LogP contribution in [0.5, 0.6) is 0 Å². The molecule has 0 aliphatic heterocycles. The van der Waals surface area contributed by atoms with Gasteiger partial charge in [-0.05, 0) is 76.5 Å². The fraction of sp³-hybridized carbons (Fsp3) is 0.667. The Bertz CT molecular complexity index is 608. The van der Waals surface area contributed by atoms with Crippen LogP contribution in [0.2, 0.25) is 0 Å². The molecule has 2 fully saturated rings. The number of fused-ring (bicyclic) bond motifs is 2. The monoisotopic (exact) mass is 344 g/mol. The molecular formula is C21H32N2O2. The van der Waals surface area contributed by atoms with Crippen LogP contribution in [-0.2, 0) is 11.3 Å². The highest BCUT2D eigenvalue weighted by Crippen LogP contribution is 2.45. The zero-order valence-electron chi connectivity index (χ0n) is 16.0. The Morgan fingerprint density at radius 2 is 2.08 bits per heavy atom. The van der Waals surface area contributed by atoms with Gasteiger partial charge in [0.2, 0.25) is 0 Å². The third-order valence-corrected chi connectivity index (χ3v) is 5.42. The van der Waals surface area contributed by atoms with E-state index < -0.39 is 5.60 Å². The maximum absolute atomic E-state index is 12.3. The minimum absolute atomic E-state index is 0.249. The van der Waals surface area contributed by atoms with E-state index >= 15 is 0 Å². The standard InChI is InChI=1S/C21H32N2O2/c1-5-23(20(24)25-21(2,3)4)14-16-7-6-8-18(12-16)22-19-13-15-9-10-17(19)11-15/h6-8,12,15,17,19,22H,5,9-11,13-14H2,1-4H3. The van der Waals surface area contributed by atoms with Crippen molar-refractivity contribution >= 4 is 11.8 Å². The molecule has 3 unspecified atom stereocenters. The second kappa shape index (κ2) is 7.27. The summed E-state index contributed by atoms with van der Waals surface area (Å²) < 4.78 is 5.51. The van der Waals surface area contributed by atoms with Gasteiger partial charge < -0.3 is 15.0 Å². The first-order valence-corrected chi connectivity index (χ1v) is 9.67. The number of anilines is 1. The van der Waals surface area contributed by atoms with Crippen molar-refractivity contribution in [2.75, 3.05) is 11.9 Å². The van der Waals surface area contributed by atoms with Gasteiger partial charge in [0.15, 0.2) is 0 Å². The number of hydrogen-bond donors (Lipinski definition) is 1. The summed E-state index contributed by atoms with van der Waals surface area (Å²) in [6.07, 6.45) is 5.27. The van der Waals surface area contributed by atoms with Crippen LogP contribution < -0.4 is 5.32 Å². The van der Waals surface area contributed by atoms with Crippen molar-refractivity contribution in [2.45, 2.75) is 71.6 Å². The normalized spacial score (nSPS) is 25.0. The predicted octanol–water partition coefficient (Wildman–Crippen LogP) is 5.04. The van der Waals surface area contributed by atoms with Gasteiger partial charge in [-0.15, -0.1) is 0 Å². The number of benzene rings is 1. The lowest BCUT2D eigenvalue weighted by atomic mass is 9.95. The summed E-state index contributed by atoms with van der Waals surface area (Å²) in [5.41, 5.74) is 1.85. The topological polar surface area (TPSA) is 41.6 Å². The summed E-state index contributed by atoms with van der Waals surface area (Å²) in [6, 6.07) is 9.10. The van der Waals surface area contributed by atoms with E-state index in [1.807, 2.05) is 27.7 Å². The molecule has 0 spiro atoms. The van der Waals surface area contributed by atoms with Crippen LogP contribution in [0.15, 0.2) is 24.3 Å². The fourth-order valence-electron chi connectivity index (χ4n) is 4.25.